The molecule has 10 heteroatoms. The SMILES string of the molecule is O=C(Nc1ccccc1C(F)(F)F)c1scnc1C(F)(F)F. The summed E-state index contributed by atoms with van der Waals surface area (Å²) >= 11 is 0.393. The van der Waals surface area contributed by atoms with Gasteiger partial charge in [-0.25, -0.2) is 4.98 Å². The lowest BCUT2D eigenvalue weighted by molar-refractivity contribution is -0.141. The maximum atomic E-state index is 12.8. The van der Waals surface area contributed by atoms with Crippen LogP contribution in [0.5, 0.6) is 0 Å². The second kappa shape index (κ2) is 5.59. The van der Waals surface area contributed by atoms with Gasteiger partial charge in [0, 0.05) is 0 Å². The molecule has 0 unspecified atom stereocenters. The van der Waals surface area contributed by atoms with Gasteiger partial charge in [-0.15, -0.1) is 11.3 Å². The molecule has 2 aromatic rings. The van der Waals surface area contributed by atoms with E-state index in [1.165, 1.54) is 6.07 Å². The fourth-order valence-electron chi connectivity index (χ4n) is 1.63. The largest absolute Gasteiger partial charge is 0.434 e. The van der Waals surface area contributed by atoms with Crippen LogP contribution >= 0.6 is 11.3 Å². The van der Waals surface area contributed by atoms with Gasteiger partial charge in [0.2, 0.25) is 0 Å². The van der Waals surface area contributed by atoms with Crippen LogP contribution in [0.15, 0.2) is 29.8 Å². The Morgan fingerprint density at radius 2 is 1.68 bits per heavy atom. The van der Waals surface area contributed by atoms with E-state index in [-0.39, 0.29) is 0 Å². The molecule has 0 radical (unpaired) electrons. The van der Waals surface area contributed by atoms with Gasteiger partial charge < -0.3 is 5.32 Å². The number of carbonyl (C=O) groups is 1. The van der Waals surface area contributed by atoms with Crippen molar-refractivity contribution in [2.75, 3.05) is 5.32 Å². The lowest BCUT2D eigenvalue weighted by Crippen LogP contribution is -2.19. The highest BCUT2D eigenvalue weighted by Gasteiger charge is 2.39. The predicted molar refractivity (Wildman–Crippen MR) is 66.5 cm³/mol. The van der Waals surface area contributed by atoms with E-state index in [4.69, 9.17) is 0 Å². The Morgan fingerprint density at radius 1 is 1.05 bits per heavy atom. The summed E-state index contributed by atoms with van der Waals surface area (Å²) in [5, 5.41) is 1.84. The Kier molecular flexibility index (Phi) is 4.14. The van der Waals surface area contributed by atoms with E-state index < -0.39 is 40.1 Å². The monoisotopic (exact) mass is 340 g/mol. The highest BCUT2D eigenvalue weighted by atomic mass is 32.1. The number of para-hydroxylation sites is 1. The molecule has 1 aromatic carbocycles. The Hall–Kier alpha value is -2.10. The van der Waals surface area contributed by atoms with Gasteiger partial charge in [-0.1, -0.05) is 12.1 Å². The first-order valence-corrected chi connectivity index (χ1v) is 6.47. The maximum Gasteiger partial charge on any atom is 0.434 e. The number of amides is 1. The lowest BCUT2D eigenvalue weighted by Gasteiger charge is -2.13. The molecule has 0 saturated carbocycles. The Morgan fingerprint density at radius 3 is 2.27 bits per heavy atom. The predicted octanol–water partition coefficient (Wildman–Crippen LogP) is 4.43. The maximum absolute atomic E-state index is 12.8. The first kappa shape index (κ1) is 16.3. The van der Waals surface area contributed by atoms with E-state index in [2.05, 4.69) is 4.98 Å². The van der Waals surface area contributed by atoms with Gasteiger partial charge in [-0.3, -0.25) is 4.79 Å². The molecule has 0 fully saturated rings. The molecule has 0 atom stereocenters. The van der Waals surface area contributed by atoms with Crippen molar-refractivity contribution in [3.8, 4) is 0 Å². The van der Waals surface area contributed by atoms with Crippen molar-refractivity contribution in [2.24, 2.45) is 0 Å². The zero-order valence-corrected chi connectivity index (χ0v) is 11.2. The van der Waals surface area contributed by atoms with Gasteiger partial charge in [0.05, 0.1) is 16.8 Å². The van der Waals surface area contributed by atoms with Crippen LogP contribution in [0.25, 0.3) is 0 Å². The topological polar surface area (TPSA) is 42.0 Å². The third-order valence-corrected chi connectivity index (χ3v) is 3.35. The summed E-state index contributed by atoms with van der Waals surface area (Å²) in [4.78, 5) is 14.0. The molecule has 0 spiro atoms. The van der Waals surface area contributed by atoms with Crippen molar-refractivity contribution in [2.45, 2.75) is 12.4 Å². The summed E-state index contributed by atoms with van der Waals surface area (Å²) in [5.41, 5.74) is -2.41. The van der Waals surface area contributed by atoms with Gasteiger partial charge in [-0.05, 0) is 12.1 Å². The van der Waals surface area contributed by atoms with Crippen molar-refractivity contribution < 1.29 is 31.1 Å². The summed E-state index contributed by atoms with van der Waals surface area (Å²) in [6.45, 7) is 0. The number of thiazole rings is 1. The van der Waals surface area contributed by atoms with Gasteiger partial charge in [0.25, 0.3) is 5.91 Å². The molecular weight excluding hydrogens is 334 g/mol. The number of benzene rings is 1. The molecule has 1 N–H and O–H groups in total. The van der Waals surface area contributed by atoms with Crippen LogP contribution < -0.4 is 5.32 Å². The molecule has 0 bridgehead atoms. The number of halogens is 6. The molecule has 3 nitrogen and oxygen atoms in total. The first-order chi connectivity index (χ1) is 10.1. The summed E-state index contributed by atoms with van der Waals surface area (Å²) in [7, 11) is 0. The molecule has 118 valence electrons. The summed E-state index contributed by atoms with van der Waals surface area (Å²) in [6.07, 6.45) is -9.61. The van der Waals surface area contributed by atoms with Crippen LogP contribution in [0.2, 0.25) is 0 Å². The van der Waals surface area contributed by atoms with Crippen LogP contribution in [-0.4, -0.2) is 10.9 Å². The zero-order valence-electron chi connectivity index (χ0n) is 10.4. The quantitative estimate of drug-likeness (QED) is 0.822. The average Bonchev–Trinajstić information content (AvgIpc) is 2.87. The standard InChI is InChI=1S/C12H6F6N2OS/c13-11(14,15)6-3-1-2-4-7(6)20-10(21)8-9(12(16,17)18)19-5-22-8/h1-5H,(H,20,21). The minimum atomic E-state index is -4.86. The molecule has 0 aliphatic carbocycles. The van der Waals surface area contributed by atoms with Gasteiger partial charge in [-0.2, -0.15) is 26.3 Å². The van der Waals surface area contributed by atoms with E-state index in [9.17, 15) is 31.1 Å². The average molecular weight is 340 g/mol. The number of alkyl halides is 6. The fraction of sp³-hybridized carbons (Fsp3) is 0.167. The van der Waals surface area contributed by atoms with Crippen molar-refractivity contribution >= 4 is 22.9 Å². The highest BCUT2D eigenvalue weighted by Crippen LogP contribution is 2.36. The second-order valence-corrected chi connectivity index (χ2v) is 4.88. The summed E-state index contributed by atoms with van der Waals surface area (Å²) in [6, 6.07) is 4.00. The van der Waals surface area contributed by atoms with Crippen LogP contribution in [0.3, 0.4) is 0 Å². The third kappa shape index (κ3) is 3.38. The molecule has 22 heavy (non-hydrogen) atoms. The number of hydrogen-bond acceptors (Lipinski definition) is 3. The number of anilines is 1. The number of rotatable bonds is 2. The van der Waals surface area contributed by atoms with E-state index >= 15 is 0 Å². The lowest BCUT2D eigenvalue weighted by atomic mass is 10.1. The van der Waals surface area contributed by atoms with Crippen molar-refractivity contribution in [3.63, 3.8) is 0 Å². The van der Waals surface area contributed by atoms with E-state index in [0.29, 0.717) is 17.4 Å². The van der Waals surface area contributed by atoms with Crippen molar-refractivity contribution in [3.05, 3.63) is 45.9 Å². The zero-order chi connectivity index (χ0) is 16.5. The van der Waals surface area contributed by atoms with Gasteiger partial charge in [0.1, 0.15) is 4.88 Å². The van der Waals surface area contributed by atoms with Crippen LogP contribution in [0.1, 0.15) is 20.9 Å². The number of hydrogen-bond donors (Lipinski definition) is 1. The molecule has 0 aliphatic rings. The number of nitrogens with one attached hydrogen (secondary N) is 1. The van der Waals surface area contributed by atoms with Crippen LogP contribution in [0.4, 0.5) is 32.0 Å². The number of carbonyl (C=O) groups excluding carboxylic acids is 1. The molecule has 2 rings (SSSR count). The Balaban J connectivity index is 2.34. The normalized spacial score (nSPS) is 12.3. The van der Waals surface area contributed by atoms with Crippen LogP contribution in [0, 0.1) is 0 Å². The van der Waals surface area contributed by atoms with Crippen molar-refractivity contribution in [1.82, 2.24) is 4.98 Å². The number of aromatic nitrogens is 1. The van der Waals surface area contributed by atoms with E-state index in [1.807, 2.05) is 5.32 Å². The van der Waals surface area contributed by atoms with Gasteiger partial charge in [0.15, 0.2) is 5.69 Å². The third-order valence-electron chi connectivity index (χ3n) is 2.52. The molecule has 1 heterocycles. The minimum absolute atomic E-state index is 0.393. The molecule has 0 saturated heterocycles. The summed E-state index contributed by atoms with van der Waals surface area (Å²) in [5.74, 6) is -1.30. The first-order valence-electron chi connectivity index (χ1n) is 5.59. The second-order valence-electron chi connectivity index (χ2n) is 4.03. The minimum Gasteiger partial charge on any atom is -0.321 e. The Labute approximate surface area is 123 Å². The van der Waals surface area contributed by atoms with Crippen molar-refractivity contribution in [1.29, 1.82) is 0 Å². The van der Waals surface area contributed by atoms with E-state index in [1.54, 1.807) is 0 Å². The molecule has 1 aromatic heterocycles. The Bertz CT molecular complexity index is 691. The van der Waals surface area contributed by atoms with E-state index in [0.717, 1.165) is 17.6 Å². The molecule has 1 amide bonds. The smallest absolute Gasteiger partial charge is 0.321 e. The molecular formula is C12H6F6N2OS. The number of nitrogens with zero attached hydrogens (tertiary/aromatic N) is 1. The molecule has 0 aliphatic heterocycles. The van der Waals surface area contributed by atoms with Crippen LogP contribution in [-0.2, 0) is 12.4 Å². The fourth-order valence-corrected chi connectivity index (χ4v) is 2.33. The highest BCUT2D eigenvalue weighted by molar-refractivity contribution is 7.12. The van der Waals surface area contributed by atoms with Gasteiger partial charge >= 0.3 is 12.4 Å². The summed E-state index contributed by atoms with van der Waals surface area (Å²) < 4.78 is 76.2.